The van der Waals surface area contributed by atoms with Crippen molar-refractivity contribution in [2.45, 2.75) is 13.5 Å². The van der Waals surface area contributed by atoms with Crippen LogP contribution in [0.25, 0.3) is 0 Å². The first-order valence-corrected chi connectivity index (χ1v) is 6.08. The van der Waals surface area contributed by atoms with Crippen molar-refractivity contribution in [2.24, 2.45) is 0 Å². The molecule has 0 heterocycles. The molecule has 0 aromatic heterocycles. The lowest BCUT2D eigenvalue weighted by molar-refractivity contribution is -0.384. The Kier molecular flexibility index (Phi) is 3.96. The Morgan fingerprint density at radius 3 is 2.75 bits per heavy atom. The molecule has 2 aromatic rings. The van der Waals surface area contributed by atoms with Crippen LogP contribution in [0.15, 0.2) is 42.5 Å². The Balaban J connectivity index is 2.21. The van der Waals surface area contributed by atoms with E-state index < -0.39 is 4.92 Å². The SMILES string of the molecule is Cc1cccc(CNc2ccc(C#N)cc2[N+](=O)[O-])c1. The number of nitro benzene ring substituents is 1. The molecule has 0 aliphatic heterocycles. The van der Waals surface area contributed by atoms with Crippen molar-refractivity contribution in [1.82, 2.24) is 0 Å². The van der Waals surface area contributed by atoms with Gasteiger partial charge in [-0.3, -0.25) is 10.1 Å². The minimum Gasteiger partial charge on any atom is -0.375 e. The van der Waals surface area contributed by atoms with Crippen molar-refractivity contribution in [3.63, 3.8) is 0 Å². The molecule has 5 nitrogen and oxygen atoms in total. The third-order valence-electron chi connectivity index (χ3n) is 2.89. The van der Waals surface area contributed by atoms with E-state index in [-0.39, 0.29) is 11.3 Å². The summed E-state index contributed by atoms with van der Waals surface area (Å²) in [5.74, 6) is 0. The van der Waals surface area contributed by atoms with E-state index in [1.54, 1.807) is 12.1 Å². The number of rotatable bonds is 4. The summed E-state index contributed by atoms with van der Waals surface area (Å²) >= 11 is 0. The zero-order valence-electron chi connectivity index (χ0n) is 11.0. The predicted molar refractivity (Wildman–Crippen MR) is 76.3 cm³/mol. The van der Waals surface area contributed by atoms with E-state index in [4.69, 9.17) is 5.26 Å². The van der Waals surface area contributed by atoms with Gasteiger partial charge in [0.2, 0.25) is 0 Å². The van der Waals surface area contributed by atoms with E-state index in [9.17, 15) is 10.1 Å². The van der Waals surface area contributed by atoms with Crippen LogP contribution < -0.4 is 5.32 Å². The summed E-state index contributed by atoms with van der Waals surface area (Å²) in [5, 5.41) is 22.8. The summed E-state index contributed by atoms with van der Waals surface area (Å²) in [5.41, 5.74) is 2.78. The summed E-state index contributed by atoms with van der Waals surface area (Å²) in [6.07, 6.45) is 0. The molecule has 5 heteroatoms. The van der Waals surface area contributed by atoms with Crippen LogP contribution in [-0.2, 0) is 6.54 Å². The van der Waals surface area contributed by atoms with Gasteiger partial charge in [0.1, 0.15) is 5.69 Å². The molecule has 0 saturated carbocycles. The highest BCUT2D eigenvalue weighted by Gasteiger charge is 2.14. The van der Waals surface area contributed by atoms with E-state index in [0.717, 1.165) is 11.1 Å². The van der Waals surface area contributed by atoms with Gasteiger partial charge in [0, 0.05) is 12.6 Å². The van der Waals surface area contributed by atoms with Crippen molar-refractivity contribution in [3.8, 4) is 6.07 Å². The second kappa shape index (κ2) is 5.85. The number of nitrogens with zero attached hydrogens (tertiary/aromatic N) is 2. The first kappa shape index (κ1) is 13.6. The average molecular weight is 267 g/mol. The highest BCUT2D eigenvalue weighted by atomic mass is 16.6. The molecule has 0 radical (unpaired) electrons. The fourth-order valence-electron chi connectivity index (χ4n) is 1.92. The topological polar surface area (TPSA) is 79.0 Å². The third kappa shape index (κ3) is 3.12. The van der Waals surface area contributed by atoms with Crippen LogP contribution in [0.4, 0.5) is 11.4 Å². The van der Waals surface area contributed by atoms with Crippen LogP contribution in [0.1, 0.15) is 16.7 Å². The molecular weight excluding hydrogens is 254 g/mol. The first-order valence-electron chi connectivity index (χ1n) is 6.08. The van der Waals surface area contributed by atoms with Gasteiger partial charge in [-0.1, -0.05) is 29.8 Å². The van der Waals surface area contributed by atoms with Crippen LogP contribution in [-0.4, -0.2) is 4.92 Å². The Hall–Kier alpha value is -2.87. The van der Waals surface area contributed by atoms with Gasteiger partial charge in [-0.05, 0) is 24.6 Å². The fraction of sp³-hybridized carbons (Fsp3) is 0.133. The molecule has 20 heavy (non-hydrogen) atoms. The Morgan fingerprint density at radius 2 is 2.10 bits per heavy atom. The lowest BCUT2D eigenvalue weighted by atomic mass is 10.1. The van der Waals surface area contributed by atoms with E-state index in [1.807, 2.05) is 37.3 Å². The molecule has 1 N–H and O–H groups in total. The molecule has 0 unspecified atom stereocenters. The van der Waals surface area contributed by atoms with E-state index >= 15 is 0 Å². The van der Waals surface area contributed by atoms with Crippen LogP contribution >= 0.6 is 0 Å². The average Bonchev–Trinajstić information content (AvgIpc) is 2.45. The molecule has 0 amide bonds. The number of nitriles is 1. The zero-order valence-corrected chi connectivity index (χ0v) is 11.0. The van der Waals surface area contributed by atoms with Gasteiger partial charge in [0.15, 0.2) is 0 Å². The van der Waals surface area contributed by atoms with Crippen molar-refractivity contribution in [3.05, 3.63) is 69.3 Å². The zero-order chi connectivity index (χ0) is 14.5. The van der Waals surface area contributed by atoms with E-state index in [2.05, 4.69) is 5.32 Å². The van der Waals surface area contributed by atoms with E-state index in [1.165, 1.54) is 6.07 Å². The molecule has 0 aliphatic carbocycles. The molecule has 100 valence electrons. The number of nitro groups is 1. The number of benzene rings is 2. The summed E-state index contributed by atoms with van der Waals surface area (Å²) in [7, 11) is 0. The maximum Gasteiger partial charge on any atom is 0.293 e. The first-order chi connectivity index (χ1) is 9.60. The largest absolute Gasteiger partial charge is 0.375 e. The summed E-state index contributed by atoms with van der Waals surface area (Å²) in [6, 6.07) is 14.2. The molecule has 0 bridgehead atoms. The normalized spacial score (nSPS) is 9.80. The monoisotopic (exact) mass is 267 g/mol. The molecule has 0 saturated heterocycles. The van der Waals surface area contributed by atoms with Crippen molar-refractivity contribution in [2.75, 3.05) is 5.32 Å². The smallest absolute Gasteiger partial charge is 0.293 e. The van der Waals surface area contributed by atoms with Gasteiger partial charge in [-0.25, -0.2) is 0 Å². The van der Waals surface area contributed by atoms with E-state index in [0.29, 0.717) is 12.2 Å². The Bertz CT molecular complexity index is 690. The minimum absolute atomic E-state index is 0.0864. The standard InChI is InChI=1S/C15H13N3O2/c1-11-3-2-4-13(7-11)10-17-14-6-5-12(9-16)8-15(14)18(19)20/h2-8,17H,10H2,1H3. The number of hydrogen-bond donors (Lipinski definition) is 1. The van der Waals surface area contributed by atoms with Crippen molar-refractivity contribution >= 4 is 11.4 Å². The lowest BCUT2D eigenvalue weighted by Crippen LogP contribution is -2.03. The van der Waals surface area contributed by atoms with Gasteiger partial charge < -0.3 is 5.32 Å². The fourth-order valence-corrected chi connectivity index (χ4v) is 1.92. The summed E-state index contributed by atoms with van der Waals surface area (Å²) in [6.45, 7) is 2.49. The van der Waals surface area contributed by atoms with Crippen LogP contribution in [0.2, 0.25) is 0 Å². The maximum atomic E-state index is 11.0. The second-order valence-corrected chi connectivity index (χ2v) is 4.44. The molecule has 0 atom stereocenters. The predicted octanol–water partition coefficient (Wildman–Crippen LogP) is 3.39. The number of aryl methyl sites for hydroxylation is 1. The van der Waals surface area contributed by atoms with Gasteiger partial charge >= 0.3 is 0 Å². The molecular formula is C15H13N3O2. The molecule has 2 aromatic carbocycles. The summed E-state index contributed by atoms with van der Waals surface area (Å²) < 4.78 is 0. The highest BCUT2D eigenvalue weighted by molar-refractivity contribution is 5.64. The Morgan fingerprint density at radius 1 is 1.30 bits per heavy atom. The number of hydrogen-bond acceptors (Lipinski definition) is 4. The number of anilines is 1. The molecule has 2 rings (SSSR count). The highest BCUT2D eigenvalue weighted by Crippen LogP contribution is 2.25. The van der Waals surface area contributed by atoms with Crippen molar-refractivity contribution < 1.29 is 4.92 Å². The van der Waals surface area contributed by atoms with Gasteiger partial charge in [-0.15, -0.1) is 0 Å². The molecule has 0 fully saturated rings. The molecule has 0 aliphatic rings. The van der Waals surface area contributed by atoms with Gasteiger partial charge in [-0.2, -0.15) is 5.26 Å². The quantitative estimate of drug-likeness (QED) is 0.680. The van der Waals surface area contributed by atoms with Crippen LogP contribution in [0.3, 0.4) is 0 Å². The maximum absolute atomic E-state index is 11.0. The van der Waals surface area contributed by atoms with Crippen molar-refractivity contribution in [1.29, 1.82) is 5.26 Å². The van der Waals surface area contributed by atoms with Crippen LogP contribution in [0, 0.1) is 28.4 Å². The Labute approximate surface area is 116 Å². The van der Waals surface area contributed by atoms with Crippen LogP contribution in [0.5, 0.6) is 0 Å². The minimum atomic E-state index is -0.487. The summed E-state index contributed by atoms with van der Waals surface area (Å²) in [4.78, 5) is 10.5. The third-order valence-corrected chi connectivity index (χ3v) is 2.89. The number of nitrogens with one attached hydrogen (secondary N) is 1. The second-order valence-electron chi connectivity index (χ2n) is 4.44. The molecule has 0 spiro atoms. The lowest BCUT2D eigenvalue weighted by Gasteiger charge is -2.08. The van der Waals surface area contributed by atoms with Gasteiger partial charge in [0.05, 0.1) is 16.6 Å². The van der Waals surface area contributed by atoms with Gasteiger partial charge in [0.25, 0.3) is 5.69 Å².